The number of hydrogen-bond acceptors (Lipinski definition) is 3. The smallest absolute Gasteiger partial charge is 0.255 e. The Morgan fingerprint density at radius 3 is 2.92 bits per heavy atom. The Bertz CT molecular complexity index is 256. The lowest BCUT2D eigenvalue weighted by atomic mass is 10.5. The summed E-state index contributed by atoms with van der Waals surface area (Å²) >= 11 is 5.41. The van der Waals surface area contributed by atoms with Gasteiger partial charge in [0.25, 0.3) is 6.43 Å². The molecule has 0 atom stereocenters. The molecule has 66 valence electrons. The number of anilines is 1. The van der Waals surface area contributed by atoms with Crippen molar-refractivity contribution in [3.05, 3.63) is 17.5 Å². The zero-order valence-electron chi connectivity index (χ0n) is 5.97. The number of alkyl halides is 2. The van der Waals surface area contributed by atoms with Crippen molar-refractivity contribution in [2.24, 2.45) is 0 Å². The van der Waals surface area contributed by atoms with Crippen molar-refractivity contribution < 1.29 is 8.78 Å². The summed E-state index contributed by atoms with van der Waals surface area (Å²) in [6.07, 6.45) is -1.01. The molecular formula is C6H6ClF2N3. The van der Waals surface area contributed by atoms with E-state index in [-0.39, 0.29) is 5.28 Å². The van der Waals surface area contributed by atoms with E-state index in [1.807, 2.05) is 0 Å². The van der Waals surface area contributed by atoms with E-state index >= 15 is 0 Å². The fourth-order valence-corrected chi connectivity index (χ4v) is 0.762. The highest BCUT2D eigenvalue weighted by molar-refractivity contribution is 6.28. The van der Waals surface area contributed by atoms with E-state index in [9.17, 15) is 8.78 Å². The number of hydrogen-bond donors (Lipinski definition) is 1. The largest absolute Gasteiger partial charge is 0.364 e. The summed E-state index contributed by atoms with van der Waals surface area (Å²) in [5.74, 6) is 0.301. The molecule has 0 saturated heterocycles. The van der Waals surface area contributed by atoms with E-state index in [0.717, 1.165) is 0 Å². The minimum Gasteiger partial charge on any atom is -0.364 e. The third-order valence-corrected chi connectivity index (χ3v) is 1.25. The molecule has 0 aromatic carbocycles. The van der Waals surface area contributed by atoms with Gasteiger partial charge in [-0.15, -0.1) is 0 Å². The minimum absolute atomic E-state index is 0.0364. The molecule has 0 spiro atoms. The molecule has 0 amide bonds. The zero-order chi connectivity index (χ0) is 8.97. The van der Waals surface area contributed by atoms with Crippen LogP contribution in [0.2, 0.25) is 5.28 Å². The van der Waals surface area contributed by atoms with Gasteiger partial charge < -0.3 is 5.32 Å². The van der Waals surface area contributed by atoms with Crippen LogP contribution in [-0.4, -0.2) is 22.9 Å². The van der Waals surface area contributed by atoms with Gasteiger partial charge in [0, 0.05) is 6.20 Å². The van der Waals surface area contributed by atoms with Crippen molar-refractivity contribution in [2.45, 2.75) is 6.43 Å². The number of nitrogens with one attached hydrogen (secondary N) is 1. The Kier molecular flexibility index (Phi) is 3.16. The molecule has 1 rings (SSSR count). The molecule has 1 aromatic rings. The minimum atomic E-state index is -2.40. The van der Waals surface area contributed by atoms with Gasteiger partial charge >= 0.3 is 0 Å². The van der Waals surface area contributed by atoms with Gasteiger partial charge in [-0.3, -0.25) is 0 Å². The summed E-state index contributed by atoms with van der Waals surface area (Å²) in [7, 11) is 0. The lowest BCUT2D eigenvalue weighted by Gasteiger charge is -2.02. The van der Waals surface area contributed by atoms with Gasteiger partial charge in [0.15, 0.2) is 0 Å². The van der Waals surface area contributed by atoms with E-state index in [1.54, 1.807) is 0 Å². The van der Waals surface area contributed by atoms with E-state index in [2.05, 4.69) is 15.3 Å². The average molecular weight is 194 g/mol. The first kappa shape index (κ1) is 9.12. The fourth-order valence-electron chi connectivity index (χ4n) is 0.615. The zero-order valence-corrected chi connectivity index (χ0v) is 6.72. The van der Waals surface area contributed by atoms with Crippen LogP contribution in [0.15, 0.2) is 12.3 Å². The predicted octanol–water partition coefficient (Wildman–Crippen LogP) is 1.81. The molecular weight excluding hydrogens is 188 g/mol. The molecule has 1 aromatic heterocycles. The molecule has 1 heterocycles. The lowest BCUT2D eigenvalue weighted by Crippen LogP contribution is -2.11. The molecule has 0 radical (unpaired) electrons. The summed E-state index contributed by atoms with van der Waals surface area (Å²) in [5, 5.41) is 2.44. The first-order valence-corrected chi connectivity index (χ1v) is 3.57. The van der Waals surface area contributed by atoms with Crippen LogP contribution in [0.3, 0.4) is 0 Å². The molecule has 0 unspecified atom stereocenters. The van der Waals surface area contributed by atoms with Crippen LogP contribution in [0.1, 0.15) is 0 Å². The van der Waals surface area contributed by atoms with E-state index < -0.39 is 13.0 Å². The lowest BCUT2D eigenvalue weighted by molar-refractivity contribution is 0.163. The van der Waals surface area contributed by atoms with Crippen molar-refractivity contribution in [2.75, 3.05) is 11.9 Å². The maximum Gasteiger partial charge on any atom is 0.255 e. The molecule has 0 aliphatic carbocycles. The highest BCUT2D eigenvalue weighted by atomic mass is 35.5. The van der Waals surface area contributed by atoms with E-state index in [4.69, 9.17) is 11.6 Å². The van der Waals surface area contributed by atoms with Gasteiger partial charge in [0.1, 0.15) is 5.82 Å². The normalized spacial score (nSPS) is 10.3. The Hall–Kier alpha value is -0.970. The number of rotatable bonds is 3. The topological polar surface area (TPSA) is 37.8 Å². The van der Waals surface area contributed by atoms with Crippen LogP contribution in [-0.2, 0) is 0 Å². The van der Waals surface area contributed by atoms with E-state index in [0.29, 0.717) is 5.82 Å². The Morgan fingerprint density at radius 1 is 1.58 bits per heavy atom. The summed E-state index contributed by atoms with van der Waals surface area (Å²) in [4.78, 5) is 7.25. The van der Waals surface area contributed by atoms with Gasteiger partial charge in [0.05, 0.1) is 6.54 Å². The number of halogens is 3. The van der Waals surface area contributed by atoms with Crippen LogP contribution in [0.4, 0.5) is 14.6 Å². The number of aromatic nitrogens is 2. The molecule has 0 saturated carbocycles. The van der Waals surface area contributed by atoms with Crippen LogP contribution >= 0.6 is 11.6 Å². The van der Waals surface area contributed by atoms with Crippen LogP contribution in [0.25, 0.3) is 0 Å². The van der Waals surface area contributed by atoms with Crippen LogP contribution in [0, 0.1) is 0 Å². The predicted molar refractivity (Wildman–Crippen MR) is 41.5 cm³/mol. The summed E-state index contributed by atoms with van der Waals surface area (Å²) in [6.45, 7) is -0.437. The van der Waals surface area contributed by atoms with Crippen molar-refractivity contribution in [1.29, 1.82) is 0 Å². The maximum absolute atomic E-state index is 11.7. The standard InChI is InChI=1S/C6H6ClF2N3/c7-6-10-2-1-5(12-6)11-3-4(8)9/h1-2,4H,3H2,(H,10,11,12). The molecule has 3 nitrogen and oxygen atoms in total. The van der Waals surface area contributed by atoms with Crippen molar-refractivity contribution >= 4 is 17.4 Å². The van der Waals surface area contributed by atoms with Gasteiger partial charge in [-0.2, -0.15) is 0 Å². The molecule has 1 N–H and O–H groups in total. The average Bonchev–Trinajstić information content (AvgIpc) is 2.01. The van der Waals surface area contributed by atoms with Gasteiger partial charge in [-0.1, -0.05) is 0 Å². The first-order valence-electron chi connectivity index (χ1n) is 3.19. The molecule has 12 heavy (non-hydrogen) atoms. The molecule has 0 aliphatic heterocycles. The van der Waals surface area contributed by atoms with Crippen LogP contribution in [0.5, 0.6) is 0 Å². The number of nitrogens with zero attached hydrogens (tertiary/aromatic N) is 2. The highest BCUT2D eigenvalue weighted by Gasteiger charge is 2.02. The summed E-state index contributed by atoms with van der Waals surface area (Å²) < 4.78 is 23.4. The van der Waals surface area contributed by atoms with Gasteiger partial charge in [-0.05, 0) is 17.7 Å². The third kappa shape index (κ3) is 2.96. The Labute approximate surface area is 72.8 Å². The molecule has 0 bridgehead atoms. The van der Waals surface area contributed by atoms with Crippen LogP contribution < -0.4 is 5.32 Å². The third-order valence-electron chi connectivity index (χ3n) is 1.06. The quantitative estimate of drug-likeness (QED) is 0.744. The van der Waals surface area contributed by atoms with Gasteiger partial charge in [0.2, 0.25) is 5.28 Å². The first-order chi connectivity index (χ1) is 5.68. The summed E-state index contributed by atoms with van der Waals surface area (Å²) in [5.41, 5.74) is 0. The molecule has 0 fully saturated rings. The van der Waals surface area contributed by atoms with Crippen molar-refractivity contribution in [3.8, 4) is 0 Å². The summed E-state index contributed by atoms with van der Waals surface area (Å²) in [6, 6.07) is 1.47. The second-order valence-electron chi connectivity index (χ2n) is 1.98. The van der Waals surface area contributed by atoms with Gasteiger partial charge in [-0.25, -0.2) is 18.7 Å². The fraction of sp³-hybridized carbons (Fsp3) is 0.333. The Balaban J connectivity index is 2.52. The second kappa shape index (κ2) is 4.15. The molecule has 0 aliphatic rings. The van der Waals surface area contributed by atoms with Crippen molar-refractivity contribution in [1.82, 2.24) is 9.97 Å². The monoisotopic (exact) mass is 193 g/mol. The highest BCUT2D eigenvalue weighted by Crippen LogP contribution is 2.06. The molecule has 6 heteroatoms. The maximum atomic E-state index is 11.7. The van der Waals surface area contributed by atoms with Crippen molar-refractivity contribution in [3.63, 3.8) is 0 Å². The van der Waals surface area contributed by atoms with E-state index in [1.165, 1.54) is 12.3 Å². The Morgan fingerprint density at radius 2 is 2.33 bits per heavy atom. The SMILES string of the molecule is FC(F)CNc1ccnc(Cl)n1. The second-order valence-corrected chi connectivity index (χ2v) is 2.32.